The van der Waals surface area contributed by atoms with E-state index in [1.165, 1.54) is 0 Å². The maximum Gasteiger partial charge on any atom is 0.157 e. The second-order valence-corrected chi connectivity index (χ2v) is 2.33. The van der Waals surface area contributed by atoms with E-state index in [0.29, 0.717) is 12.5 Å². The fourth-order valence-corrected chi connectivity index (χ4v) is 0.853. The Morgan fingerprint density at radius 3 is 2.60 bits per heavy atom. The van der Waals surface area contributed by atoms with Crippen molar-refractivity contribution in [2.45, 2.75) is 26.1 Å². The van der Waals surface area contributed by atoms with Gasteiger partial charge in [-0.25, -0.2) is 0 Å². The Morgan fingerprint density at radius 2 is 2.20 bits per heavy atom. The van der Waals surface area contributed by atoms with Crippen LogP contribution in [0.5, 0.6) is 0 Å². The van der Waals surface area contributed by atoms with E-state index in [-0.39, 0.29) is 6.29 Å². The summed E-state index contributed by atoms with van der Waals surface area (Å²) in [5, 5.41) is 0. The normalized spacial score (nSPS) is 13.5. The molecule has 1 unspecified atom stereocenters. The monoisotopic (exact) mass is 166 g/mol. The summed E-state index contributed by atoms with van der Waals surface area (Å²) >= 11 is 5.49. The summed E-state index contributed by atoms with van der Waals surface area (Å²) in [5.74, 6) is 0.674. The number of hydrogen-bond acceptors (Lipinski definition) is 2. The third-order valence-corrected chi connectivity index (χ3v) is 1.46. The van der Waals surface area contributed by atoms with Crippen LogP contribution in [-0.2, 0) is 9.47 Å². The number of methoxy groups -OCH3 is 1. The second kappa shape index (κ2) is 7.32. The SMILES string of the molecule is CCOC(CCCCl)OC. The van der Waals surface area contributed by atoms with Gasteiger partial charge in [-0.05, 0) is 19.8 Å². The molecule has 0 aliphatic carbocycles. The average molecular weight is 167 g/mol. The van der Waals surface area contributed by atoms with Gasteiger partial charge >= 0.3 is 0 Å². The van der Waals surface area contributed by atoms with Gasteiger partial charge in [0.25, 0.3) is 0 Å². The summed E-state index contributed by atoms with van der Waals surface area (Å²) in [6.07, 6.45) is 1.76. The molecule has 2 nitrogen and oxygen atoms in total. The van der Waals surface area contributed by atoms with Gasteiger partial charge in [0.2, 0.25) is 0 Å². The number of alkyl halides is 1. The molecule has 0 fully saturated rings. The van der Waals surface area contributed by atoms with Gasteiger partial charge in [-0.3, -0.25) is 0 Å². The van der Waals surface area contributed by atoms with Gasteiger partial charge < -0.3 is 9.47 Å². The summed E-state index contributed by atoms with van der Waals surface area (Å²) < 4.78 is 10.2. The van der Waals surface area contributed by atoms with Gasteiger partial charge in [0.1, 0.15) is 0 Å². The summed E-state index contributed by atoms with van der Waals surface area (Å²) in [6, 6.07) is 0. The Balaban J connectivity index is 3.21. The highest BCUT2D eigenvalue weighted by atomic mass is 35.5. The van der Waals surface area contributed by atoms with Crippen LogP contribution in [0.15, 0.2) is 0 Å². The maximum atomic E-state index is 5.49. The minimum absolute atomic E-state index is 0.0660. The molecule has 0 aliphatic rings. The van der Waals surface area contributed by atoms with Crippen molar-refractivity contribution in [3.05, 3.63) is 0 Å². The molecule has 1 atom stereocenters. The molecule has 0 saturated carbocycles. The lowest BCUT2D eigenvalue weighted by atomic mass is 10.3. The van der Waals surface area contributed by atoms with E-state index in [4.69, 9.17) is 21.1 Å². The lowest BCUT2D eigenvalue weighted by Crippen LogP contribution is -2.14. The van der Waals surface area contributed by atoms with Crippen LogP contribution in [0.4, 0.5) is 0 Å². The minimum atomic E-state index is -0.0660. The first-order valence-corrected chi connectivity index (χ1v) is 4.09. The first-order chi connectivity index (χ1) is 4.85. The van der Waals surface area contributed by atoms with Crippen LogP contribution in [0.1, 0.15) is 19.8 Å². The topological polar surface area (TPSA) is 18.5 Å². The molecular formula is C7H15ClO2. The van der Waals surface area contributed by atoms with Crippen molar-refractivity contribution < 1.29 is 9.47 Å². The first-order valence-electron chi connectivity index (χ1n) is 3.55. The van der Waals surface area contributed by atoms with Crippen LogP contribution in [0, 0.1) is 0 Å². The predicted molar refractivity (Wildman–Crippen MR) is 42.4 cm³/mol. The molecule has 3 heteroatoms. The van der Waals surface area contributed by atoms with Crippen LogP contribution >= 0.6 is 11.6 Å². The average Bonchev–Trinajstić information content (AvgIpc) is 1.98. The Labute approximate surface area is 67.5 Å². The van der Waals surface area contributed by atoms with Crippen LogP contribution < -0.4 is 0 Å². The third-order valence-electron chi connectivity index (χ3n) is 1.19. The lowest BCUT2D eigenvalue weighted by Gasteiger charge is -2.13. The molecule has 0 aromatic heterocycles. The van der Waals surface area contributed by atoms with Gasteiger partial charge in [-0.2, -0.15) is 0 Å². The molecule has 0 heterocycles. The number of hydrogen-bond donors (Lipinski definition) is 0. The molecule has 0 rings (SSSR count). The van der Waals surface area contributed by atoms with Crippen molar-refractivity contribution in [2.24, 2.45) is 0 Å². The summed E-state index contributed by atoms with van der Waals surface area (Å²) in [6.45, 7) is 2.65. The van der Waals surface area contributed by atoms with E-state index >= 15 is 0 Å². The molecule has 0 aliphatic heterocycles. The van der Waals surface area contributed by atoms with Gasteiger partial charge in [-0.15, -0.1) is 11.6 Å². The quantitative estimate of drug-likeness (QED) is 0.444. The molecule has 0 spiro atoms. The van der Waals surface area contributed by atoms with Crippen molar-refractivity contribution >= 4 is 11.6 Å². The van der Waals surface area contributed by atoms with E-state index in [9.17, 15) is 0 Å². The number of halogens is 1. The van der Waals surface area contributed by atoms with E-state index < -0.39 is 0 Å². The molecule has 0 saturated heterocycles. The van der Waals surface area contributed by atoms with Gasteiger partial charge in [0.15, 0.2) is 6.29 Å². The largest absolute Gasteiger partial charge is 0.356 e. The summed E-state index contributed by atoms with van der Waals surface area (Å²) in [4.78, 5) is 0. The van der Waals surface area contributed by atoms with Crippen LogP contribution in [0.25, 0.3) is 0 Å². The fraction of sp³-hybridized carbons (Fsp3) is 1.00. The van der Waals surface area contributed by atoms with Crippen LogP contribution in [0.3, 0.4) is 0 Å². The molecule has 0 aromatic carbocycles. The fourth-order valence-electron chi connectivity index (χ4n) is 0.699. The van der Waals surface area contributed by atoms with Crippen molar-refractivity contribution in [2.75, 3.05) is 19.6 Å². The first kappa shape index (κ1) is 10.2. The zero-order chi connectivity index (χ0) is 7.82. The minimum Gasteiger partial charge on any atom is -0.356 e. The van der Waals surface area contributed by atoms with Gasteiger partial charge in [-0.1, -0.05) is 0 Å². The highest BCUT2D eigenvalue weighted by Gasteiger charge is 2.03. The van der Waals surface area contributed by atoms with Crippen LogP contribution in [-0.4, -0.2) is 25.9 Å². The highest BCUT2D eigenvalue weighted by Crippen LogP contribution is 2.03. The van der Waals surface area contributed by atoms with Crippen LogP contribution in [0.2, 0.25) is 0 Å². The third kappa shape index (κ3) is 5.03. The highest BCUT2D eigenvalue weighted by molar-refractivity contribution is 6.17. The van der Waals surface area contributed by atoms with E-state index in [2.05, 4.69) is 0 Å². The number of ether oxygens (including phenoxy) is 2. The van der Waals surface area contributed by atoms with Crippen molar-refractivity contribution in [1.82, 2.24) is 0 Å². The van der Waals surface area contributed by atoms with E-state index in [0.717, 1.165) is 12.8 Å². The van der Waals surface area contributed by atoms with Crippen molar-refractivity contribution in [3.8, 4) is 0 Å². The molecular weight excluding hydrogens is 152 g/mol. The smallest absolute Gasteiger partial charge is 0.157 e. The molecule has 62 valence electrons. The Kier molecular flexibility index (Phi) is 7.47. The van der Waals surface area contributed by atoms with E-state index in [1.54, 1.807) is 7.11 Å². The zero-order valence-electron chi connectivity index (χ0n) is 6.60. The van der Waals surface area contributed by atoms with Crippen molar-refractivity contribution in [1.29, 1.82) is 0 Å². The van der Waals surface area contributed by atoms with E-state index in [1.807, 2.05) is 6.92 Å². The molecule has 0 aromatic rings. The summed E-state index contributed by atoms with van der Waals surface area (Å²) in [7, 11) is 1.65. The van der Waals surface area contributed by atoms with Gasteiger partial charge in [0, 0.05) is 19.6 Å². The second-order valence-electron chi connectivity index (χ2n) is 1.95. The summed E-state index contributed by atoms with van der Waals surface area (Å²) in [5.41, 5.74) is 0. The Hall–Kier alpha value is 0.210. The molecule has 0 amide bonds. The molecule has 10 heavy (non-hydrogen) atoms. The Bertz CT molecular complexity index is 68.6. The Morgan fingerprint density at radius 1 is 1.50 bits per heavy atom. The standard InChI is InChI=1S/C7H15ClO2/c1-3-10-7(9-2)5-4-6-8/h7H,3-6H2,1-2H3. The number of rotatable bonds is 6. The lowest BCUT2D eigenvalue weighted by molar-refractivity contribution is -0.123. The predicted octanol–water partition coefficient (Wildman–Crippen LogP) is 2.01. The molecule has 0 radical (unpaired) electrons. The van der Waals surface area contributed by atoms with Crippen molar-refractivity contribution in [3.63, 3.8) is 0 Å². The maximum absolute atomic E-state index is 5.49. The molecule has 0 bridgehead atoms. The van der Waals surface area contributed by atoms with Gasteiger partial charge in [0.05, 0.1) is 0 Å². The molecule has 0 N–H and O–H groups in total. The zero-order valence-corrected chi connectivity index (χ0v) is 7.36.